The van der Waals surface area contributed by atoms with Crippen LogP contribution in [0.25, 0.3) is 0 Å². The Morgan fingerprint density at radius 3 is 3.33 bits per heavy atom. The maximum atomic E-state index is 5.49. The first-order valence-electron chi connectivity index (χ1n) is 3.96. The zero-order valence-electron chi connectivity index (χ0n) is 6.93. The van der Waals surface area contributed by atoms with Crippen LogP contribution in [0, 0.1) is 0 Å². The Morgan fingerprint density at radius 1 is 1.58 bits per heavy atom. The van der Waals surface area contributed by atoms with E-state index in [1.807, 2.05) is 18.4 Å². The van der Waals surface area contributed by atoms with Gasteiger partial charge in [0.25, 0.3) is 0 Å². The predicted molar refractivity (Wildman–Crippen MR) is 47.0 cm³/mol. The SMILES string of the molecule is CSCO[C@H]1C=C[C@H]2CO[C@@H]1O2. The van der Waals surface area contributed by atoms with E-state index in [0.29, 0.717) is 12.5 Å². The van der Waals surface area contributed by atoms with E-state index < -0.39 is 0 Å². The highest BCUT2D eigenvalue weighted by Gasteiger charge is 2.34. The molecule has 4 heteroatoms. The van der Waals surface area contributed by atoms with Gasteiger partial charge in [0.05, 0.1) is 12.5 Å². The number of thioether (sulfide) groups is 1. The van der Waals surface area contributed by atoms with Gasteiger partial charge in [0, 0.05) is 0 Å². The van der Waals surface area contributed by atoms with Gasteiger partial charge in [0.1, 0.15) is 12.2 Å². The summed E-state index contributed by atoms with van der Waals surface area (Å²) in [6, 6.07) is 0. The van der Waals surface area contributed by atoms with Crippen LogP contribution in [0.15, 0.2) is 12.2 Å². The summed E-state index contributed by atoms with van der Waals surface area (Å²) in [4.78, 5) is 0. The lowest BCUT2D eigenvalue weighted by molar-refractivity contribution is -0.129. The highest BCUT2D eigenvalue weighted by atomic mass is 32.2. The molecule has 68 valence electrons. The molecule has 12 heavy (non-hydrogen) atoms. The number of rotatable bonds is 3. The zero-order chi connectivity index (χ0) is 8.39. The number of fused-ring (bicyclic) bond motifs is 2. The lowest BCUT2D eigenvalue weighted by Crippen LogP contribution is -2.31. The third-order valence-electron chi connectivity index (χ3n) is 1.90. The van der Waals surface area contributed by atoms with Gasteiger partial charge in [-0.3, -0.25) is 0 Å². The van der Waals surface area contributed by atoms with Crippen molar-refractivity contribution in [2.75, 3.05) is 18.8 Å². The lowest BCUT2D eigenvalue weighted by atomic mass is 10.2. The summed E-state index contributed by atoms with van der Waals surface area (Å²) in [7, 11) is 0. The standard InChI is InChI=1S/C8H12O3S/c1-12-5-10-7-3-2-6-4-9-8(7)11-6/h2-3,6-8H,4-5H2,1H3/t6-,7-,8+/m0/s1. The normalized spacial score (nSPS) is 38.9. The topological polar surface area (TPSA) is 27.7 Å². The average molecular weight is 188 g/mol. The van der Waals surface area contributed by atoms with Crippen molar-refractivity contribution >= 4 is 11.8 Å². The Bertz CT molecular complexity index is 183. The van der Waals surface area contributed by atoms with Crippen molar-refractivity contribution in [3.63, 3.8) is 0 Å². The number of hydrogen-bond donors (Lipinski definition) is 0. The van der Waals surface area contributed by atoms with Crippen LogP contribution in [-0.4, -0.2) is 37.3 Å². The summed E-state index contributed by atoms with van der Waals surface area (Å²) in [5.74, 6) is 0.683. The smallest absolute Gasteiger partial charge is 0.188 e. The Labute approximate surface area is 76.1 Å². The van der Waals surface area contributed by atoms with E-state index in [1.54, 1.807) is 11.8 Å². The van der Waals surface area contributed by atoms with Gasteiger partial charge in [-0.2, -0.15) is 0 Å². The molecule has 0 amide bonds. The molecule has 0 spiro atoms. The molecule has 2 aliphatic heterocycles. The molecule has 2 bridgehead atoms. The maximum Gasteiger partial charge on any atom is 0.188 e. The zero-order valence-corrected chi connectivity index (χ0v) is 7.75. The van der Waals surface area contributed by atoms with Crippen molar-refractivity contribution in [1.29, 1.82) is 0 Å². The van der Waals surface area contributed by atoms with Gasteiger partial charge in [0.2, 0.25) is 0 Å². The fourth-order valence-corrected chi connectivity index (χ4v) is 1.61. The molecular weight excluding hydrogens is 176 g/mol. The summed E-state index contributed by atoms with van der Waals surface area (Å²) in [6.45, 7) is 0.667. The fraction of sp³-hybridized carbons (Fsp3) is 0.750. The van der Waals surface area contributed by atoms with E-state index in [2.05, 4.69) is 0 Å². The third-order valence-corrected chi connectivity index (χ3v) is 2.27. The van der Waals surface area contributed by atoms with Crippen molar-refractivity contribution in [1.82, 2.24) is 0 Å². The van der Waals surface area contributed by atoms with Crippen molar-refractivity contribution in [3.8, 4) is 0 Å². The average Bonchev–Trinajstić information content (AvgIpc) is 2.48. The predicted octanol–water partition coefficient (Wildman–Crippen LogP) is 1.00. The van der Waals surface area contributed by atoms with E-state index in [-0.39, 0.29) is 18.5 Å². The Kier molecular flexibility index (Phi) is 2.70. The van der Waals surface area contributed by atoms with Gasteiger partial charge < -0.3 is 14.2 Å². The van der Waals surface area contributed by atoms with Crippen molar-refractivity contribution in [2.45, 2.75) is 18.5 Å². The van der Waals surface area contributed by atoms with Crippen molar-refractivity contribution < 1.29 is 14.2 Å². The molecule has 3 atom stereocenters. The minimum absolute atomic E-state index is 0.0174. The molecule has 2 heterocycles. The molecule has 0 aromatic rings. The molecule has 0 radical (unpaired) electrons. The minimum atomic E-state index is -0.174. The first kappa shape index (κ1) is 8.56. The molecule has 2 aliphatic rings. The lowest BCUT2D eigenvalue weighted by Gasteiger charge is -2.22. The first-order valence-corrected chi connectivity index (χ1v) is 5.35. The molecule has 0 N–H and O–H groups in total. The number of hydrogen-bond acceptors (Lipinski definition) is 4. The van der Waals surface area contributed by atoms with Gasteiger partial charge in [-0.1, -0.05) is 12.2 Å². The molecule has 1 fully saturated rings. The minimum Gasteiger partial charge on any atom is -0.358 e. The third kappa shape index (κ3) is 1.66. The van der Waals surface area contributed by atoms with Crippen LogP contribution in [0.3, 0.4) is 0 Å². The maximum absolute atomic E-state index is 5.49. The summed E-state index contributed by atoms with van der Waals surface area (Å²) in [6.07, 6.45) is 6.01. The Balaban J connectivity index is 1.89. The monoisotopic (exact) mass is 188 g/mol. The highest BCUT2D eigenvalue weighted by molar-refractivity contribution is 7.98. The van der Waals surface area contributed by atoms with Crippen LogP contribution in [0.2, 0.25) is 0 Å². The molecule has 0 saturated carbocycles. The largest absolute Gasteiger partial charge is 0.358 e. The molecular formula is C8H12O3S. The van der Waals surface area contributed by atoms with E-state index in [4.69, 9.17) is 14.2 Å². The Hall–Kier alpha value is -0.0300. The van der Waals surface area contributed by atoms with Crippen LogP contribution in [0.5, 0.6) is 0 Å². The molecule has 1 saturated heterocycles. The molecule has 2 rings (SSSR count). The van der Waals surface area contributed by atoms with E-state index >= 15 is 0 Å². The molecule has 0 aliphatic carbocycles. The van der Waals surface area contributed by atoms with Crippen LogP contribution < -0.4 is 0 Å². The molecule has 0 aromatic carbocycles. The van der Waals surface area contributed by atoms with Gasteiger partial charge in [-0.15, -0.1) is 11.8 Å². The summed E-state index contributed by atoms with van der Waals surface area (Å²) < 4.78 is 16.3. The van der Waals surface area contributed by atoms with E-state index in [9.17, 15) is 0 Å². The first-order chi connectivity index (χ1) is 5.90. The second-order valence-corrected chi connectivity index (χ2v) is 3.61. The van der Waals surface area contributed by atoms with Crippen LogP contribution in [0.4, 0.5) is 0 Å². The van der Waals surface area contributed by atoms with Crippen molar-refractivity contribution in [2.24, 2.45) is 0 Å². The molecule has 3 nitrogen and oxygen atoms in total. The summed E-state index contributed by atoms with van der Waals surface area (Å²) in [5, 5.41) is 0. The Morgan fingerprint density at radius 2 is 2.50 bits per heavy atom. The van der Waals surface area contributed by atoms with E-state index in [0.717, 1.165) is 0 Å². The second-order valence-electron chi connectivity index (χ2n) is 2.80. The highest BCUT2D eigenvalue weighted by Crippen LogP contribution is 2.24. The molecule has 0 unspecified atom stereocenters. The number of ether oxygens (including phenoxy) is 3. The second kappa shape index (κ2) is 3.79. The van der Waals surface area contributed by atoms with Crippen molar-refractivity contribution in [3.05, 3.63) is 12.2 Å². The van der Waals surface area contributed by atoms with Crippen LogP contribution >= 0.6 is 11.8 Å². The summed E-state index contributed by atoms with van der Waals surface area (Å²) >= 11 is 1.65. The van der Waals surface area contributed by atoms with E-state index in [1.165, 1.54) is 0 Å². The van der Waals surface area contributed by atoms with Crippen LogP contribution in [0.1, 0.15) is 0 Å². The quantitative estimate of drug-likeness (QED) is 0.488. The fourth-order valence-electron chi connectivity index (χ4n) is 1.32. The van der Waals surface area contributed by atoms with Gasteiger partial charge >= 0.3 is 0 Å². The van der Waals surface area contributed by atoms with Crippen LogP contribution in [-0.2, 0) is 14.2 Å². The summed E-state index contributed by atoms with van der Waals surface area (Å²) in [5.41, 5.74) is 0. The molecule has 0 aromatic heterocycles. The van der Waals surface area contributed by atoms with Gasteiger partial charge in [0.15, 0.2) is 6.29 Å². The van der Waals surface area contributed by atoms with Gasteiger partial charge in [-0.05, 0) is 6.26 Å². The van der Waals surface area contributed by atoms with Gasteiger partial charge in [-0.25, -0.2) is 0 Å².